The van der Waals surface area contributed by atoms with Crippen LogP contribution in [0.5, 0.6) is 0 Å². The molecule has 0 radical (unpaired) electrons. The highest BCUT2D eigenvalue weighted by atomic mass is 32.2. The normalized spacial score (nSPS) is 13.3. The third kappa shape index (κ3) is 3.14. The van der Waals surface area contributed by atoms with Crippen LogP contribution in [-0.2, 0) is 13.1 Å². The summed E-state index contributed by atoms with van der Waals surface area (Å²) in [6.07, 6.45) is 2.14. The van der Waals surface area contributed by atoms with Crippen LogP contribution in [0, 0.1) is 0 Å². The lowest BCUT2D eigenvalue weighted by molar-refractivity contribution is 0.248. The van der Waals surface area contributed by atoms with Crippen LogP contribution in [-0.4, -0.2) is 30.0 Å². The molecule has 2 aromatic rings. The van der Waals surface area contributed by atoms with Gasteiger partial charge in [0, 0.05) is 29.3 Å². The van der Waals surface area contributed by atoms with E-state index in [4.69, 9.17) is 10.2 Å². The molecule has 104 valence electrons. The van der Waals surface area contributed by atoms with Gasteiger partial charge >= 0.3 is 0 Å². The number of nitrogens with zero attached hydrogens (tertiary/aromatic N) is 1. The average molecular weight is 278 g/mol. The molecule has 0 spiro atoms. The lowest BCUT2D eigenvalue weighted by atomic mass is 10.1. The molecule has 0 bridgehead atoms. The monoisotopic (exact) mass is 278 g/mol. The van der Waals surface area contributed by atoms with E-state index in [9.17, 15) is 0 Å². The number of furan rings is 1. The average Bonchev–Trinajstić information content (AvgIpc) is 2.75. The summed E-state index contributed by atoms with van der Waals surface area (Å²) in [5.74, 6) is 2.12. The first-order valence-corrected chi connectivity index (χ1v) is 7.95. The maximum absolute atomic E-state index is 5.96. The predicted octanol–water partition coefficient (Wildman–Crippen LogP) is 3.07. The molecule has 19 heavy (non-hydrogen) atoms. The summed E-state index contributed by atoms with van der Waals surface area (Å²) < 4.78 is 5.96. The van der Waals surface area contributed by atoms with Crippen LogP contribution in [0.15, 0.2) is 28.7 Å². The second-order valence-electron chi connectivity index (χ2n) is 4.92. The van der Waals surface area contributed by atoms with Gasteiger partial charge < -0.3 is 10.2 Å². The first-order chi connectivity index (χ1) is 9.17. The fourth-order valence-corrected chi connectivity index (χ4v) is 2.99. The molecule has 1 unspecified atom stereocenters. The van der Waals surface area contributed by atoms with Crippen molar-refractivity contribution in [3.63, 3.8) is 0 Å². The number of thioether (sulfide) groups is 1. The van der Waals surface area contributed by atoms with Gasteiger partial charge in [0.05, 0.1) is 6.54 Å². The van der Waals surface area contributed by atoms with E-state index < -0.39 is 0 Å². The van der Waals surface area contributed by atoms with Crippen LogP contribution in [0.3, 0.4) is 0 Å². The van der Waals surface area contributed by atoms with Crippen molar-refractivity contribution in [1.82, 2.24) is 4.90 Å². The van der Waals surface area contributed by atoms with Gasteiger partial charge in [-0.2, -0.15) is 11.8 Å². The molecule has 4 heteroatoms. The van der Waals surface area contributed by atoms with E-state index >= 15 is 0 Å². The Hall–Kier alpha value is -0.970. The molecule has 2 N–H and O–H groups in total. The predicted molar refractivity (Wildman–Crippen MR) is 83.4 cm³/mol. The number of benzene rings is 1. The Morgan fingerprint density at radius 3 is 2.79 bits per heavy atom. The summed E-state index contributed by atoms with van der Waals surface area (Å²) in [5.41, 5.74) is 7.96. The van der Waals surface area contributed by atoms with Gasteiger partial charge in [0.2, 0.25) is 0 Å². The molecule has 2 rings (SSSR count). The molecule has 0 amide bonds. The van der Waals surface area contributed by atoms with Crippen molar-refractivity contribution in [2.75, 3.05) is 19.1 Å². The Bertz CT molecular complexity index is 538. The molecule has 1 aromatic carbocycles. The Kier molecular flexibility index (Phi) is 4.91. The molecular weight excluding hydrogens is 256 g/mol. The smallest absolute Gasteiger partial charge is 0.134 e. The zero-order valence-corrected chi connectivity index (χ0v) is 12.7. The Balaban J connectivity index is 2.24. The second-order valence-corrected chi connectivity index (χ2v) is 5.83. The fourth-order valence-electron chi connectivity index (χ4n) is 2.25. The molecule has 0 aliphatic rings. The van der Waals surface area contributed by atoms with Crippen molar-refractivity contribution in [1.29, 1.82) is 0 Å². The molecule has 1 heterocycles. The number of fused-ring (bicyclic) bond motifs is 1. The summed E-state index contributed by atoms with van der Waals surface area (Å²) in [6.45, 7) is 3.57. The molecule has 0 saturated carbocycles. The largest absolute Gasteiger partial charge is 0.459 e. The second kappa shape index (κ2) is 6.46. The van der Waals surface area contributed by atoms with Crippen molar-refractivity contribution in [2.45, 2.75) is 26.1 Å². The highest BCUT2D eigenvalue weighted by Crippen LogP contribution is 2.26. The first kappa shape index (κ1) is 14.4. The molecular formula is C15H22N2OS. The van der Waals surface area contributed by atoms with Crippen molar-refractivity contribution >= 4 is 22.7 Å². The van der Waals surface area contributed by atoms with E-state index in [-0.39, 0.29) is 0 Å². The first-order valence-electron chi connectivity index (χ1n) is 6.56. The van der Waals surface area contributed by atoms with E-state index in [0.717, 1.165) is 34.6 Å². The lowest BCUT2D eigenvalue weighted by Gasteiger charge is -2.23. The third-order valence-corrected chi connectivity index (χ3v) is 4.36. The molecule has 3 nitrogen and oxygen atoms in total. The van der Waals surface area contributed by atoms with Crippen molar-refractivity contribution < 1.29 is 4.42 Å². The fraction of sp³-hybridized carbons (Fsp3) is 0.467. The quantitative estimate of drug-likeness (QED) is 0.882. The van der Waals surface area contributed by atoms with E-state index in [2.05, 4.69) is 31.2 Å². The number of rotatable bonds is 6. The van der Waals surface area contributed by atoms with Crippen molar-refractivity contribution in [3.8, 4) is 0 Å². The Morgan fingerprint density at radius 1 is 1.37 bits per heavy atom. The van der Waals surface area contributed by atoms with Gasteiger partial charge in [-0.15, -0.1) is 0 Å². The zero-order chi connectivity index (χ0) is 13.8. The Labute approximate surface area is 119 Å². The minimum atomic E-state index is 0.522. The Morgan fingerprint density at radius 2 is 2.11 bits per heavy atom. The number of hydrogen-bond donors (Lipinski definition) is 1. The van der Waals surface area contributed by atoms with Gasteiger partial charge in [0.25, 0.3) is 0 Å². The SMILES string of the molecule is CSCC(C)N(C)Cc1oc2ccccc2c1CN. The van der Waals surface area contributed by atoms with Crippen LogP contribution in [0.1, 0.15) is 18.2 Å². The standard InChI is InChI=1S/C15H22N2OS/c1-11(10-19-3)17(2)9-15-13(8-16)12-6-4-5-7-14(12)18-15/h4-7,11H,8-10,16H2,1-3H3. The van der Waals surface area contributed by atoms with E-state index in [0.29, 0.717) is 12.6 Å². The van der Waals surface area contributed by atoms with Gasteiger partial charge in [-0.1, -0.05) is 18.2 Å². The highest BCUT2D eigenvalue weighted by Gasteiger charge is 2.16. The molecule has 1 atom stereocenters. The van der Waals surface area contributed by atoms with Crippen LogP contribution < -0.4 is 5.73 Å². The van der Waals surface area contributed by atoms with Crippen molar-refractivity contribution in [2.24, 2.45) is 5.73 Å². The summed E-state index contributed by atoms with van der Waals surface area (Å²) in [4.78, 5) is 2.31. The van der Waals surface area contributed by atoms with Gasteiger partial charge in [-0.05, 0) is 26.3 Å². The topological polar surface area (TPSA) is 42.4 Å². The summed E-state index contributed by atoms with van der Waals surface area (Å²) in [5, 5.41) is 1.14. The highest BCUT2D eigenvalue weighted by molar-refractivity contribution is 7.98. The minimum absolute atomic E-state index is 0.522. The van der Waals surface area contributed by atoms with E-state index in [1.165, 1.54) is 0 Å². The zero-order valence-electron chi connectivity index (χ0n) is 11.8. The van der Waals surface area contributed by atoms with Gasteiger partial charge in [0.15, 0.2) is 0 Å². The molecule has 0 saturated heterocycles. The lowest BCUT2D eigenvalue weighted by Crippen LogP contribution is -2.30. The minimum Gasteiger partial charge on any atom is -0.459 e. The van der Waals surface area contributed by atoms with Gasteiger partial charge in [0.1, 0.15) is 11.3 Å². The van der Waals surface area contributed by atoms with Gasteiger partial charge in [-0.25, -0.2) is 0 Å². The number of hydrogen-bond acceptors (Lipinski definition) is 4. The van der Waals surface area contributed by atoms with E-state index in [1.807, 2.05) is 30.0 Å². The summed E-state index contributed by atoms with van der Waals surface area (Å²) in [6, 6.07) is 8.63. The summed E-state index contributed by atoms with van der Waals surface area (Å²) in [7, 11) is 2.13. The molecule has 0 aliphatic carbocycles. The maximum atomic E-state index is 5.96. The summed E-state index contributed by atoms with van der Waals surface area (Å²) >= 11 is 1.87. The van der Waals surface area contributed by atoms with Crippen LogP contribution >= 0.6 is 11.8 Å². The number of para-hydroxylation sites is 1. The number of nitrogens with two attached hydrogens (primary N) is 1. The van der Waals surface area contributed by atoms with Crippen LogP contribution in [0.2, 0.25) is 0 Å². The molecule has 0 aliphatic heterocycles. The molecule has 1 aromatic heterocycles. The third-order valence-electron chi connectivity index (χ3n) is 3.54. The van der Waals surface area contributed by atoms with Crippen LogP contribution in [0.25, 0.3) is 11.0 Å². The van der Waals surface area contributed by atoms with Gasteiger partial charge in [-0.3, -0.25) is 4.90 Å². The maximum Gasteiger partial charge on any atom is 0.134 e. The van der Waals surface area contributed by atoms with E-state index in [1.54, 1.807) is 0 Å². The molecule has 0 fully saturated rings. The van der Waals surface area contributed by atoms with Crippen LogP contribution in [0.4, 0.5) is 0 Å². The van der Waals surface area contributed by atoms with Crippen molar-refractivity contribution in [3.05, 3.63) is 35.6 Å².